The Bertz CT molecular complexity index is 329. The Morgan fingerprint density at radius 3 is 2.12 bits per heavy atom. The molecule has 0 saturated heterocycles. The Hall–Kier alpha value is -0.820. The van der Waals surface area contributed by atoms with Crippen LogP contribution in [0.4, 0.5) is 0 Å². The van der Waals surface area contributed by atoms with Crippen molar-refractivity contribution in [2.75, 3.05) is 6.61 Å². The van der Waals surface area contributed by atoms with Crippen molar-refractivity contribution in [3.63, 3.8) is 0 Å². The summed E-state index contributed by atoms with van der Waals surface area (Å²) in [6, 6.07) is 6.63. The lowest BCUT2D eigenvalue weighted by Crippen LogP contribution is -2.26. The van der Waals surface area contributed by atoms with Crippen LogP contribution in [0.5, 0.6) is 0 Å². The first kappa shape index (κ1) is 13.2. The molecule has 0 aromatic heterocycles. The van der Waals surface area contributed by atoms with E-state index in [9.17, 15) is 5.11 Å². The Morgan fingerprint density at radius 2 is 1.69 bits per heavy atom. The molecule has 1 nitrogen and oxygen atoms in total. The first-order valence-electron chi connectivity index (χ1n) is 6.24. The molecule has 1 aromatic carbocycles. The lowest BCUT2D eigenvalue weighted by atomic mass is 9.77. The van der Waals surface area contributed by atoms with Crippen LogP contribution in [0.25, 0.3) is 0 Å². The average Bonchev–Trinajstić information content (AvgIpc) is 2.31. The second kappa shape index (κ2) is 5.49. The van der Waals surface area contributed by atoms with Crippen LogP contribution in [0.3, 0.4) is 0 Å². The number of aliphatic hydroxyl groups is 1. The van der Waals surface area contributed by atoms with Gasteiger partial charge in [-0.1, -0.05) is 32.0 Å². The third-order valence-corrected chi connectivity index (χ3v) is 3.99. The Balaban J connectivity index is 2.89. The zero-order chi connectivity index (χ0) is 12.2. The molecule has 0 bridgehead atoms. The van der Waals surface area contributed by atoms with Crippen LogP contribution in [0.2, 0.25) is 0 Å². The minimum atomic E-state index is 0.0711. The zero-order valence-corrected chi connectivity index (χ0v) is 11.0. The summed E-state index contributed by atoms with van der Waals surface area (Å²) in [5.41, 5.74) is 4.10. The van der Waals surface area contributed by atoms with Gasteiger partial charge in [0.15, 0.2) is 0 Å². The molecule has 16 heavy (non-hydrogen) atoms. The Morgan fingerprint density at radius 1 is 1.06 bits per heavy atom. The standard InChI is InChI=1S/C15H24O/c1-5-15(6-2,11-16)10-14-8-7-12(3)13(4)9-14/h7-9,16H,5-6,10-11H2,1-4H3. The maximum Gasteiger partial charge on any atom is 0.0490 e. The quantitative estimate of drug-likeness (QED) is 0.803. The normalized spacial score (nSPS) is 11.8. The van der Waals surface area contributed by atoms with Crippen LogP contribution in [0.1, 0.15) is 43.4 Å². The van der Waals surface area contributed by atoms with Gasteiger partial charge in [-0.15, -0.1) is 0 Å². The maximum absolute atomic E-state index is 9.56. The van der Waals surface area contributed by atoms with Crippen molar-refractivity contribution in [1.29, 1.82) is 0 Å². The highest BCUT2D eigenvalue weighted by Crippen LogP contribution is 2.30. The molecule has 0 atom stereocenters. The second-order valence-corrected chi connectivity index (χ2v) is 4.96. The van der Waals surface area contributed by atoms with Crippen molar-refractivity contribution in [3.05, 3.63) is 34.9 Å². The lowest BCUT2D eigenvalue weighted by Gasteiger charge is -2.29. The number of benzene rings is 1. The minimum absolute atomic E-state index is 0.0711. The molecule has 1 N–H and O–H groups in total. The number of hydrogen-bond acceptors (Lipinski definition) is 1. The van der Waals surface area contributed by atoms with Gasteiger partial charge in [0, 0.05) is 6.61 Å². The molecule has 0 unspecified atom stereocenters. The lowest BCUT2D eigenvalue weighted by molar-refractivity contribution is 0.115. The first-order chi connectivity index (χ1) is 7.56. The molecule has 0 aliphatic rings. The Kier molecular flexibility index (Phi) is 4.55. The molecule has 0 heterocycles. The molecular weight excluding hydrogens is 196 g/mol. The second-order valence-electron chi connectivity index (χ2n) is 4.96. The third kappa shape index (κ3) is 2.85. The van der Waals surface area contributed by atoms with Gasteiger partial charge in [-0.2, -0.15) is 0 Å². The van der Waals surface area contributed by atoms with E-state index in [2.05, 4.69) is 45.9 Å². The fourth-order valence-corrected chi connectivity index (χ4v) is 2.13. The van der Waals surface area contributed by atoms with Gasteiger partial charge in [0.2, 0.25) is 0 Å². The van der Waals surface area contributed by atoms with Crippen molar-refractivity contribution >= 4 is 0 Å². The predicted molar refractivity (Wildman–Crippen MR) is 69.7 cm³/mol. The summed E-state index contributed by atoms with van der Waals surface area (Å²) >= 11 is 0. The van der Waals surface area contributed by atoms with E-state index in [1.165, 1.54) is 16.7 Å². The SMILES string of the molecule is CCC(CC)(CO)Cc1ccc(C)c(C)c1. The van der Waals surface area contributed by atoms with E-state index in [0.717, 1.165) is 19.3 Å². The summed E-state index contributed by atoms with van der Waals surface area (Å²) in [7, 11) is 0. The molecule has 0 saturated carbocycles. The monoisotopic (exact) mass is 220 g/mol. The van der Waals surface area contributed by atoms with E-state index >= 15 is 0 Å². The smallest absolute Gasteiger partial charge is 0.0490 e. The maximum atomic E-state index is 9.56. The fourth-order valence-electron chi connectivity index (χ4n) is 2.13. The van der Waals surface area contributed by atoms with Crippen LogP contribution in [-0.2, 0) is 6.42 Å². The average molecular weight is 220 g/mol. The van der Waals surface area contributed by atoms with Crippen LogP contribution in [-0.4, -0.2) is 11.7 Å². The highest BCUT2D eigenvalue weighted by Gasteiger charge is 2.25. The summed E-state index contributed by atoms with van der Waals surface area (Å²) in [6.07, 6.45) is 3.05. The minimum Gasteiger partial charge on any atom is -0.396 e. The van der Waals surface area contributed by atoms with Gasteiger partial charge in [0.1, 0.15) is 0 Å². The topological polar surface area (TPSA) is 20.2 Å². The van der Waals surface area contributed by atoms with Gasteiger partial charge in [-0.25, -0.2) is 0 Å². The highest BCUT2D eigenvalue weighted by atomic mass is 16.3. The summed E-state index contributed by atoms with van der Waals surface area (Å²) in [5, 5.41) is 9.56. The largest absolute Gasteiger partial charge is 0.396 e. The van der Waals surface area contributed by atoms with Gasteiger partial charge in [-0.05, 0) is 55.2 Å². The van der Waals surface area contributed by atoms with Crippen molar-refractivity contribution in [1.82, 2.24) is 0 Å². The number of aryl methyl sites for hydroxylation is 2. The van der Waals surface area contributed by atoms with Crippen molar-refractivity contribution in [3.8, 4) is 0 Å². The van der Waals surface area contributed by atoms with Crippen molar-refractivity contribution < 1.29 is 5.11 Å². The van der Waals surface area contributed by atoms with Gasteiger partial charge in [-0.3, -0.25) is 0 Å². The molecular formula is C15H24O. The zero-order valence-electron chi connectivity index (χ0n) is 11.0. The van der Waals surface area contributed by atoms with Crippen LogP contribution < -0.4 is 0 Å². The molecule has 0 aliphatic heterocycles. The number of aliphatic hydroxyl groups excluding tert-OH is 1. The van der Waals surface area contributed by atoms with E-state index in [1.807, 2.05) is 0 Å². The first-order valence-corrected chi connectivity index (χ1v) is 6.24. The molecule has 0 radical (unpaired) electrons. The summed E-state index contributed by atoms with van der Waals surface area (Å²) in [4.78, 5) is 0. The molecule has 0 amide bonds. The van der Waals surface area contributed by atoms with Gasteiger partial charge >= 0.3 is 0 Å². The van der Waals surface area contributed by atoms with Crippen LogP contribution in [0, 0.1) is 19.3 Å². The van der Waals surface area contributed by atoms with E-state index in [0.29, 0.717) is 0 Å². The van der Waals surface area contributed by atoms with E-state index < -0.39 is 0 Å². The van der Waals surface area contributed by atoms with Gasteiger partial charge in [0.25, 0.3) is 0 Å². The molecule has 0 spiro atoms. The van der Waals surface area contributed by atoms with Gasteiger partial charge < -0.3 is 5.11 Å². The predicted octanol–water partition coefficient (Wildman–Crippen LogP) is 3.64. The van der Waals surface area contributed by atoms with E-state index in [4.69, 9.17) is 0 Å². The molecule has 0 fully saturated rings. The Labute approximate surface area is 99.5 Å². The van der Waals surface area contributed by atoms with Crippen LogP contribution >= 0.6 is 0 Å². The summed E-state index contributed by atoms with van der Waals surface area (Å²) < 4.78 is 0. The van der Waals surface area contributed by atoms with E-state index in [-0.39, 0.29) is 12.0 Å². The van der Waals surface area contributed by atoms with E-state index in [1.54, 1.807) is 0 Å². The van der Waals surface area contributed by atoms with Gasteiger partial charge in [0.05, 0.1) is 0 Å². The number of rotatable bonds is 5. The number of hydrogen-bond donors (Lipinski definition) is 1. The summed E-state index contributed by atoms with van der Waals surface area (Å²) in [5.74, 6) is 0. The molecule has 90 valence electrons. The molecule has 1 aromatic rings. The molecule has 0 aliphatic carbocycles. The summed E-state index contributed by atoms with van der Waals surface area (Å²) in [6.45, 7) is 8.91. The fraction of sp³-hybridized carbons (Fsp3) is 0.600. The van der Waals surface area contributed by atoms with Crippen molar-refractivity contribution in [2.45, 2.75) is 47.0 Å². The van der Waals surface area contributed by atoms with Crippen LogP contribution in [0.15, 0.2) is 18.2 Å². The van der Waals surface area contributed by atoms with Crippen molar-refractivity contribution in [2.24, 2.45) is 5.41 Å². The molecule has 1 heteroatoms. The molecule has 1 rings (SSSR count). The highest BCUT2D eigenvalue weighted by molar-refractivity contribution is 5.30. The third-order valence-electron chi connectivity index (χ3n) is 3.99.